The van der Waals surface area contributed by atoms with E-state index in [1.807, 2.05) is 0 Å². The number of amides is 2. The third kappa shape index (κ3) is 3.79. The molecule has 0 bridgehead atoms. The molecule has 1 aromatic rings. The fraction of sp³-hybridized carbons (Fsp3) is 0.462. The number of carbonyl (C=O) groups is 3. The summed E-state index contributed by atoms with van der Waals surface area (Å²) in [5.41, 5.74) is 4.68. The molecule has 2 heterocycles. The minimum atomic E-state index is -0.837. The van der Waals surface area contributed by atoms with Crippen LogP contribution in [0.2, 0.25) is 0 Å². The summed E-state index contributed by atoms with van der Waals surface area (Å²) in [4.78, 5) is 36.7. The van der Waals surface area contributed by atoms with Crippen LogP contribution in [-0.4, -0.2) is 46.9 Å². The number of carbonyl (C=O) groups excluding carboxylic acids is 2. The van der Waals surface area contributed by atoms with Crippen LogP contribution in [0.5, 0.6) is 0 Å². The van der Waals surface area contributed by atoms with Gasteiger partial charge in [0.15, 0.2) is 0 Å². The quantitative estimate of drug-likeness (QED) is 0.695. The molecule has 0 aromatic carbocycles. The molecule has 0 spiro atoms. The summed E-state index contributed by atoms with van der Waals surface area (Å²) in [7, 11) is 0. The van der Waals surface area contributed by atoms with Crippen molar-refractivity contribution in [1.29, 1.82) is 0 Å². The van der Waals surface area contributed by atoms with Gasteiger partial charge < -0.3 is 5.11 Å². The molecule has 2 amide bonds. The van der Waals surface area contributed by atoms with Crippen molar-refractivity contribution in [1.82, 2.24) is 15.8 Å². The van der Waals surface area contributed by atoms with Crippen molar-refractivity contribution < 1.29 is 19.5 Å². The van der Waals surface area contributed by atoms with Crippen LogP contribution in [0.25, 0.3) is 0 Å². The molecule has 1 saturated heterocycles. The number of hydrogen-bond acceptors (Lipinski definition) is 5. The van der Waals surface area contributed by atoms with E-state index in [9.17, 15) is 14.4 Å². The Balaban J connectivity index is 1.78. The molecule has 1 aliphatic rings. The van der Waals surface area contributed by atoms with Crippen molar-refractivity contribution >= 4 is 29.1 Å². The Morgan fingerprint density at radius 3 is 2.76 bits per heavy atom. The third-order valence-electron chi connectivity index (χ3n) is 3.61. The van der Waals surface area contributed by atoms with E-state index in [0.29, 0.717) is 17.8 Å². The van der Waals surface area contributed by atoms with Gasteiger partial charge in [-0.05, 0) is 31.3 Å². The number of hydrogen-bond donors (Lipinski definition) is 3. The van der Waals surface area contributed by atoms with Gasteiger partial charge in [-0.25, -0.2) is 0 Å². The number of nitrogens with one attached hydrogen (secondary N) is 2. The van der Waals surface area contributed by atoms with Crippen molar-refractivity contribution in [2.75, 3.05) is 13.1 Å². The molecule has 3 N–H and O–H groups in total. The van der Waals surface area contributed by atoms with Gasteiger partial charge in [0, 0.05) is 6.04 Å². The number of carboxylic acids is 1. The molecule has 2 rings (SSSR count). The van der Waals surface area contributed by atoms with Crippen LogP contribution < -0.4 is 10.9 Å². The highest BCUT2D eigenvalue weighted by Gasteiger charge is 2.36. The van der Waals surface area contributed by atoms with Crippen LogP contribution >= 0.6 is 11.3 Å². The van der Waals surface area contributed by atoms with Gasteiger partial charge in [0.1, 0.15) is 0 Å². The summed E-state index contributed by atoms with van der Waals surface area (Å²) < 4.78 is 0. The summed E-state index contributed by atoms with van der Waals surface area (Å²) >= 11 is 1.28. The maximum absolute atomic E-state index is 11.8. The Kier molecular flexibility index (Phi) is 4.92. The number of carboxylic acid groups (broad SMARTS) is 1. The van der Waals surface area contributed by atoms with E-state index in [0.717, 1.165) is 0 Å². The lowest BCUT2D eigenvalue weighted by Gasteiger charge is -2.22. The first-order valence-corrected chi connectivity index (χ1v) is 7.46. The largest absolute Gasteiger partial charge is 0.481 e. The molecule has 0 saturated carbocycles. The Morgan fingerprint density at radius 1 is 1.43 bits per heavy atom. The number of hydrazine groups is 1. The molecule has 1 fully saturated rings. The van der Waals surface area contributed by atoms with Gasteiger partial charge in [-0.2, -0.15) is 0 Å². The maximum Gasteiger partial charge on any atom is 0.308 e. The molecule has 7 nitrogen and oxygen atoms in total. The van der Waals surface area contributed by atoms with Crippen LogP contribution in [0.1, 0.15) is 23.0 Å². The van der Waals surface area contributed by atoms with Crippen molar-refractivity contribution in [3.63, 3.8) is 0 Å². The SMILES string of the molecule is CC1C(C(=O)O)CCN1CC(=O)NNC(=O)c1cccs1. The van der Waals surface area contributed by atoms with Gasteiger partial charge in [-0.15, -0.1) is 11.3 Å². The number of rotatable bonds is 4. The van der Waals surface area contributed by atoms with E-state index in [4.69, 9.17) is 5.11 Å². The summed E-state index contributed by atoms with van der Waals surface area (Å²) in [6.45, 7) is 2.42. The lowest BCUT2D eigenvalue weighted by molar-refractivity contribution is -0.142. The molecule has 8 heteroatoms. The standard InChI is InChI=1S/C13H17N3O4S/c1-8-9(13(19)20)4-5-16(8)7-11(17)14-15-12(18)10-3-2-6-21-10/h2-3,6,8-9H,4-5,7H2,1H3,(H,14,17)(H,15,18)(H,19,20). The summed E-state index contributed by atoms with van der Waals surface area (Å²) in [5.74, 6) is -2.01. The molecule has 2 unspecified atom stereocenters. The van der Waals surface area contributed by atoms with Crippen LogP contribution in [0.4, 0.5) is 0 Å². The maximum atomic E-state index is 11.8. The summed E-state index contributed by atoms with van der Waals surface area (Å²) in [6, 6.07) is 3.21. The molecular formula is C13H17N3O4S. The van der Waals surface area contributed by atoms with Crippen LogP contribution in [0.3, 0.4) is 0 Å². The highest BCUT2D eigenvalue weighted by Crippen LogP contribution is 2.23. The molecular weight excluding hydrogens is 294 g/mol. The minimum Gasteiger partial charge on any atom is -0.481 e. The van der Waals surface area contributed by atoms with Crippen molar-refractivity contribution in [3.8, 4) is 0 Å². The zero-order valence-electron chi connectivity index (χ0n) is 11.5. The molecule has 1 aliphatic heterocycles. The number of likely N-dealkylation sites (tertiary alicyclic amines) is 1. The van der Waals surface area contributed by atoms with E-state index in [2.05, 4.69) is 10.9 Å². The first-order valence-electron chi connectivity index (χ1n) is 6.58. The Hall–Kier alpha value is -1.93. The smallest absolute Gasteiger partial charge is 0.308 e. The normalized spacial score (nSPS) is 22.0. The fourth-order valence-electron chi connectivity index (χ4n) is 2.38. The number of nitrogens with zero attached hydrogens (tertiary/aromatic N) is 1. The highest BCUT2D eigenvalue weighted by molar-refractivity contribution is 7.12. The van der Waals surface area contributed by atoms with Gasteiger partial charge in [0.05, 0.1) is 17.3 Å². The molecule has 114 valence electrons. The first-order chi connectivity index (χ1) is 9.99. The zero-order chi connectivity index (χ0) is 15.4. The lowest BCUT2D eigenvalue weighted by atomic mass is 10.0. The van der Waals surface area contributed by atoms with E-state index in [1.165, 1.54) is 11.3 Å². The molecule has 0 radical (unpaired) electrons. The Morgan fingerprint density at radius 2 is 2.19 bits per heavy atom. The predicted molar refractivity (Wildman–Crippen MR) is 76.7 cm³/mol. The lowest BCUT2D eigenvalue weighted by Crippen LogP contribution is -2.47. The summed E-state index contributed by atoms with van der Waals surface area (Å²) in [6.07, 6.45) is 0.533. The number of thiophene rings is 1. The third-order valence-corrected chi connectivity index (χ3v) is 4.48. The van der Waals surface area contributed by atoms with Gasteiger partial charge >= 0.3 is 5.97 Å². The highest BCUT2D eigenvalue weighted by atomic mass is 32.1. The number of aliphatic carboxylic acids is 1. The van der Waals surface area contributed by atoms with Crippen LogP contribution in [0, 0.1) is 5.92 Å². The van der Waals surface area contributed by atoms with Gasteiger partial charge in [0.25, 0.3) is 11.8 Å². The monoisotopic (exact) mass is 311 g/mol. The second kappa shape index (κ2) is 6.68. The fourth-order valence-corrected chi connectivity index (χ4v) is 3.00. The predicted octanol–water partition coefficient (Wildman–Crippen LogP) is 0.304. The average molecular weight is 311 g/mol. The van der Waals surface area contributed by atoms with Crippen molar-refractivity contribution in [2.24, 2.45) is 5.92 Å². The molecule has 21 heavy (non-hydrogen) atoms. The van der Waals surface area contributed by atoms with Gasteiger partial charge in [-0.1, -0.05) is 6.07 Å². The van der Waals surface area contributed by atoms with E-state index >= 15 is 0 Å². The molecule has 2 atom stereocenters. The average Bonchev–Trinajstić information content (AvgIpc) is 3.07. The van der Waals surface area contributed by atoms with Gasteiger partial charge in [0.2, 0.25) is 0 Å². The van der Waals surface area contributed by atoms with E-state index in [-0.39, 0.29) is 24.4 Å². The van der Waals surface area contributed by atoms with Crippen molar-refractivity contribution in [3.05, 3.63) is 22.4 Å². The van der Waals surface area contributed by atoms with E-state index < -0.39 is 11.9 Å². The Bertz CT molecular complexity index is 532. The minimum absolute atomic E-state index is 0.0651. The second-order valence-corrected chi connectivity index (χ2v) is 5.87. The molecule has 0 aliphatic carbocycles. The van der Waals surface area contributed by atoms with E-state index in [1.54, 1.807) is 29.3 Å². The Labute approximate surface area is 125 Å². The van der Waals surface area contributed by atoms with Crippen LogP contribution in [-0.2, 0) is 9.59 Å². The summed E-state index contributed by atoms with van der Waals surface area (Å²) in [5, 5.41) is 10.8. The van der Waals surface area contributed by atoms with Gasteiger partial charge in [-0.3, -0.25) is 30.1 Å². The topological polar surface area (TPSA) is 98.7 Å². The van der Waals surface area contributed by atoms with Crippen molar-refractivity contribution in [2.45, 2.75) is 19.4 Å². The molecule has 1 aromatic heterocycles. The first kappa shape index (κ1) is 15.5. The second-order valence-electron chi connectivity index (χ2n) is 4.92. The van der Waals surface area contributed by atoms with Crippen LogP contribution in [0.15, 0.2) is 17.5 Å². The zero-order valence-corrected chi connectivity index (χ0v) is 12.4.